The van der Waals surface area contributed by atoms with Gasteiger partial charge in [-0.1, -0.05) is 24.1 Å². The minimum absolute atomic E-state index is 0.836. The molecule has 0 saturated carbocycles. The molecule has 0 spiro atoms. The minimum atomic E-state index is 0.836. The molecule has 92 valence electrons. The molecule has 0 radical (unpaired) electrons. The Bertz CT molecular complexity index is 589. The standard InChI is InChI=1S/C14H16N4/c1-2-5-10-9-13-12(11(10)6-3-1)7-4-8-14-15-16-17-18(13)14/h4,7H,1-3,5-6,8-9H2. The molecule has 0 saturated heterocycles. The van der Waals surface area contributed by atoms with Crippen LogP contribution in [0.1, 0.15) is 44.3 Å². The van der Waals surface area contributed by atoms with E-state index < -0.39 is 0 Å². The highest BCUT2D eigenvalue weighted by atomic mass is 15.5. The average Bonchev–Trinajstić information content (AvgIpc) is 2.84. The molecule has 3 aliphatic rings. The Balaban J connectivity index is 1.84. The third-order valence-electron chi connectivity index (χ3n) is 4.22. The van der Waals surface area contributed by atoms with Crippen LogP contribution in [0.2, 0.25) is 0 Å². The van der Waals surface area contributed by atoms with Crippen LogP contribution in [-0.2, 0) is 6.42 Å². The van der Waals surface area contributed by atoms with E-state index in [1.807, 2.05) is 4.68 Å². The molecule has 4 heteroatoms. The highest BCUT2D eigenvalue weighted by Crippen LogP contribution is 2.43. The molecule has 0 bridgehead atoms. The Kier molecular flexibility index (Phi) is 2.22. The smallest absolute Gasteiger partial charge is 0.160 e. The number of fused-ring (bicyclic) bond motifs is 3. The SMILES string of the molecule is C1=CC2=C(CC3=C2CCCCC3)n2nnnc2C1. The van der Waals surface area contributed by atoms with Crippen LogP contribution in [-0.4, -0.2) is 20.2 Å². The summed E-state index contributed by atoms with van der Waals surface area (Å²) in [5.74, 6) is 0.967. The van der Waals surface area contributed by atoms with E-state index in [-0.39, 0.29) is 0 Å². The van der Waals surface area contributed by atoms with Gasteiger partial charge in [-0.2, -0.15) is 0 Å². The fraction of sp³-hybridized carbons (Fsp3) is 0.500. The number of allylic oxidation sites excluding steroid dienone is 6. The molecule has 1 aromatic rings. The molecule has 0 N–H and O–H groups in total. The number of rotatable bonds is 0. The Labute approximate surface area is 106 Å². The zero-order valence-electron chi connectivity index (χ0n) is 10.4. The number of tetrazole rings is 1. The molecular formula is C14H16N4. The lowest BCUT2D eigenvalue weighted by molar-refractivity contribution is 0.698. The molecule has 18 heavy (non-hydrogen) atoms. The largest absolute Gasteiger partial charge is 0.200 e. The summed E-state index contributed by atoms with van der Waals surface area (Å²) >= 11 is 0. The van der Waals surface area contributed by atoms with Crippen molar-refractivity contribution >= 4 is 5.70 Å². The molecule has 2 aliphatic carbocycles. The van der Waals surface area contributed by atoms with Crippen molar-refractivity contribution in [2.24, 2.45) is 0 Å². The number of aromatic nitrogens is 4. The van der Waals surface area contributed by atoms with E-state index in [4.69, 9.17) is 0 Å². The number of hydrogen-bond donors (Lipinski definition) is 0. The Hall–Kier alpha value is -1.71. The molecule has 4 nitrogen and oxygen atoms in total. The maximum atomic E-state index is 4.17. The predicted octanol–water partition coefficient (Wildman–Crippen LogP) is 2.66. The Morgan fingerprint density at radius 3 is 3.06 bits per heavy atom. The Morgan fingerprint density at radius 2 is 2.06 bits per heavy atom. The van der Waals surface area contributed by atoms with Crippen molar-refractivity contribution in [2.45, 2.75) is 44.9 Å². The van der Waals surface area contributed by atoms with E-state index in [2.05, 4.69) is 27.7 Å². The maximum absolute atomic E-state index is 4.17. The van der Waals surface area contributed by atoms with Gasteiger partial charge in [0.05, 0.1) is 5.70 Å². The van der Waals surface area contributed by atoms with Gasteiger partial charge in [-0.25, -0.2) is 4.68 Å². The topological polar surface area (TPSA) is 43.6 Å². The van der Waals surface area contributed by atoms with Gasteiger partial charge < -0.3 is 0 Å². The summed E-state index contributed by atoms with van der Waals surface area (Å²) in [4.78, 5) is 0. The minimum Gasteiger partial charge on any atom is -0.200 e. The molecule has 0 fully saturated rings. The first kappa shape index (κ1) is 10.2. The van der Waals surface area contributed by atoms with Gasteiger partial charge in [0.15, 0.2) is 5.82 Å². The van der Waals surface area contributed by atoms with E-state index in [0.29, 0.717) is 0 Å². The molecule has 0 atom stereocenters. The van der Waals surface area contributed by atoms with Crippen molar-refractivity contribution in [3.05, 3.63) is 34.7 Å². The van der Waals surface area contributed by atoms with Crippen molar-refractivity contribution in [2.75, 3.05) is 0 Å². The highest BCUT2D eigenvalue weighted by molar-refractivity contribution is 5.71. The highest BCUT2D eigenvalue weighted by Gasteiger charge is 2.28. The van der Waals surface area contributed by atoms with Gasteiger partial charge in [0.1, 0.15) is 0 Å². The molecule has 4 rings (SSSR count). The fourth-order valence-corrected chi connectivity index (χ4v) is 3.35. The van der Waals surface area contributed by atoms with E-state index in [0.717, 1.165) is 18.7 Å². The van der Waals surface area contributed by atoms with Gasteiger partial charge in [0.25, 0.3) is 0 Å². The van der Waals surface area contributed by atoms with Gasteiger partial charge in [0, 0.05) is 12.8 Å². The van der Waals surface area contributed by atoms with Crippen LogP contribution in [0.4, 0.5) is 0 Å². The third kappa shape index (κ3) is 1.41. The van der Waals surface area contributed by atoms with Crippen LogP contribution in [0.3, 0.4) is 0 Å². The van der Waals surface area contributed by atoms with Crippen LogP contribution >= 0.6 is 0 Å². The quantitative estimate of drug-likeness (QED) is 0.700. The van der Waals surface area contributed by atoms with Gasteiger partial charge in [0.2, 0.25) is 0 Å². The lowest BCUT2D eigenvalue weighted by Crippen LogP contribution is -2.04. The zero-order valence-corrected chi connectivity index (χ0v) is 10.4. The number of nitrogens with zero attached hydrogens (tertiary/aromatic N) is 4. The van der Waals surface area contributed by atoms with Gasteiger partial charge >= 0.3 is 0 Å². The second kappa shape index (κ2) is 3.90. The van der Waals surface area contributed by atoms with Crippen LogP contribution in [0.5, 0.6) is 0 Å². The first-order valence-electron chi connectivity index (χ1n) is 6.82. The maximum Gasteiger partial charge on any atom is 0.160 e. The van der Waals surface area contributed by atoms with E-state index in [9.17, 15) is 0 Å². The second-order valence-electron chi connectivity index (χ2n) is 5.29. The average molecular weight is 240 g/mol. The molecular weight excluding hydrogens is 224 g/mol. The van der Waals surface area contributed by atoms with Gasteiger partial charge in [-0.05, 0) is 47.3 Å². The first-order chi connectivity index (χ1) is 8.93. The van der Waals surface area contributed by atoms with E-state index in [1.54, 1.807) is 11.1 Å². The van der Waals surface area contributed by atoms with Gasteiger partial charge in [-0.3, -0.25) is 0 Å². The van der Waals surface area contributed by atoms with Crippen molar-refractivity contribution in [3.8, 4) is 0 Å². The third-order valence-corrected chi connectivity index (χ3v) is 4.22. The zero-order chi connectivity index (χ0) is 11.9. The van der Waals surface area contributed by atoms with Crippen LogP contribution in [0.25, 0.3) is 5.70 Å². The molecule has 2 heterocycles. The lowest BCUT2D eigenvalue weighted by Gasteiger charge is -2.06. The summed E-state index contributed by atoms with van der Waals surface area (Å²) in [5.41, 5.74) is 5.92. The summed E-state index contributed by atoms with van der Waals surface area (Å²) in [5, 5.41) is 12.1. The van der Waals surface area contributed by atoms with Crippen molar-refractivity contribution in [1.29, 1.82) is 0 Å². The van der Waals surface area contributed by atoms with Crippen molar-refractivity contribution in [1.82, 2.24) is 20.2 Å². The van der Waals surface area contributed by atoms with Gasteiger partial charge in [-0.15, -0.1) is 5.10 Å². The molecule has 1 aliphatic heterocycles. The molecule has 1 aromatic heterocycles. The van der Waals surface area contributed by atoms with Crippen LogP contribution < -0.4 is 0 Å². The predicted molar refractivity (Wildman–Crippen MR) is 68.6 cm³/mol. The fourth-order valence-electron chi connectivity index (χ4n) is 3.35. The van der Waals surface area contributed by atoms with E-state index >= 15 is 0 Å². The number of hydrogen-bond acceptors (Lipinski definition) is 3. The molecule has 0 amide bonds. The summed E-state index contributed by atoms with van der Waals surface area (Å²) < 4.78 is 1.96. The Morgan fingerprint density at radius 1 is 1.11 bits per heavy atom. The van der Waals surface area contributed by atoms with Crippen LogP contribution in [0, 0.1) is 0 Å². The monoisotopic (exact) mass is 240 g/mol. The normalized spacial score (nSPS) is 22.4. The first-order valence-corrected chi connectivity index (χ1v) is 6.82. The van der Waals surface area contributed by atoms with Crippen LogP contribution in [0.15, 0.2) is 28.9 Å². The molecule has 0 unspecified atom stereocenters. The van der Waals surface area contributed by atoms with Crippen molar-refractivity contribution < 1.29 is 0 Å². The lowest BCUT2D eigenvalue weighted by atomic mass is 10.0. The second-order valence-corrected chi connectivity index (χ2v) is 5.29. The summed E-state index contributed by atoms with van der Waals surface area (Å²) in [6.45, 7) is 0. The summed E-state index contributed by atoms with van der Waals surface area (Å²) in [6, 6.07) is 0. The summed E-state index contributed by atoms with van der Waals surface area (Å²) in [6.07, 6.45) is 12.9. The van der Waals surface area contributed by atoms with Crippen molar-refractivity contribution in [3.63, 3.8) is 0 Å². The molecule has 0 aromatic carbocycles. The summed E-state index contributed by atoms with van der Waals surface area (Å²) in [7, 11) is 0. The van der Waals surface area contributed by atoms with E-state index in [1.165, 1.54) is 43.4 Å².